The highest BCUT2D eigenvalue weighted by molar-refractivity contribution is 5.82. The molecular weight excluding hydrogens is 797 g/mol. The van der Waals surface area contributed by atoms with Crippen molar-refractivity contribution in [3.63, 3.8) is 0 Å². The molecule has 0 spiro atoms. The van der Waals surface area contributed by atoms with Gasteiger partial charge < -0.3 is 53.8 Å². The number of aliphatic hydroxyl groups excluding tert-OH is 1. The highest BCUT2D eigenvalue weighted by Crippen LogP contribution is 2.44. The first-order valence-electron chi connectivity index (χ1n) is 22.1. The lowest BCUT2D eigenvalue weighted by atomic mass is 9.71. The number of rotatable bonds is 8. The van der Waals surface area contributed by atoms with E-state index in [2.05, 4.69) is 29.1 Å². The lowest BCUT2D eigenvalue weighted by molar-refractivity contribution is -0.302. The zero-order chi connectivity index (χ0) is 45.1. The van der Waals surface area contributed by atoms with Gasteiger partial charge in [-0.25, -0.2) is 9.59 Å². The third-order valence-electron chi connectivity index (χ3n) is 13.6. The van der Waals surface area contributed by atoms with Crippen LogP contribution in [-0.4, -0.2) is 127 Å². The number of carbonyl (C=O) groups excluding carboxylic acids is 3. The van der Waals surface area contributed by atoms with Gasteiger partial charge in [-0.15, -0.1) is 0 Å². The second-order valence-corrected chi connectivity index (χ2v) is 18.5. The van der Waals surface area contributed by atoms with Crippen molar-refractivity contribution in [2.75, 3.05) is 33.9 Å². The summed E-state index contributed by atoms with van der Waals surface area (Å²) in [6.45, 7) is 20.1. The Bertz CT molecular complexity index is 1960. The van der Waals surface area contributed by atoms with Gasteiger partial charge >= 0.3 is 18.2 Å². The van der Waals surface area contributed by atoms with E-state index in [-0.39, 0.29) is 44.4 Å². The van der Waals surface area contributed by atoms with Crippen LogP contribution >= 0.6 is 0 Å². The summed E-state index contributed by atoms with van der Waals surface area (Å²) < 4.78 is 45.0. The van der Waals surface area contributed by atoms with Gasteiger partial charge in [0.25, 0.3) is 0 Å². The van der Waals surface area contributed by atoms with Gasteiger partial charge in [-0.05, 0) is 90.2 Å². The van der Waals surface area contributed by atoms with Crippen molar-refractivity contribution in [3.05, 3.63) is 65.9 Å². The summed E-state index contributed by atoms with van der Waals surface area (Å²) in [5, 5.41) is 18.6. The fourth-order valence-corrected chi connectivity index (χ4v) is 10.3. The number of amides is 2. The topological polar surface area (TPSA) is 176 Å². The van der Waals surface area contributed by atoms with Gasteiger partial charge in [-0.2, -0.15) is 0 Å². The van der Waals surface area contributed by atoms with Crippen LogP contribution in [0.15, 0.2) is 60.3 Å². The second kappa shape index (κ2) is 19.7. The van der Waals surface area contributed by atoms with Crippen LogP contribution in [0.3, 0.4) is 0 Å². The molecule has 342 valence electrons. The summed E-state index contributed by atoms with van der Waals surface area (Å²) >= 11 is 0. The Kier molecular flexibility index (Phi) is 15.1. The van der Waals surface area contributed by atoms with Crippen LogP contribution in [-0.2, 0) is 44.5 Å². The number of fused-ring (bicyclic) bond motifs is 5. The Labute approximate surface area is 366 Å². The molecule has 4 fully saturated rings. The lowest BCUT2D eigenvalue weighted by Gasteiger charge is -2.49. The molecule has 62 heavy (non-hydrogen) atoms. The highest BCUT2D eigenvalue weighted by Gasteiger charge is 2.57. The molecule has 4 saturated heterocycles. The molecule has 6 rings (SSSR count). The maximum absolute atomic E-state index is 14.4. The lowest BCUT2D eigenvalue weighted by Crippen LogP contribution is -2.60. The molecule has 15 heteroatoms. The van der Waals surface area contributed by atoms with E-state index >= 15 is 0 Å². The summed E-state index contributed by atoms with van der Waals surface area (Å²) in [7, 11) is 3.84. The molecule has 2 aromatic rings. The van der Waals surface area contributed by atoms with E-state index in [0.29, 0.717) is 24.8 Å². The zero-order valence-electron chi connectivity index (χ0n) is 38.1. The molecule has 3 N–H and O–H groups in total. The third-order valence-corrected chi connectivity index (χ3v) is 13.6. The molecule has 4 aliphatic heterocycles. The van der Waals surface area contributed by atoms with Gasteiger partial charge in [0.15, 0.2) is 11.9 Å². The molecule has 1 aromatic carbocycles. The first kappa shape index (κ1) is 47.4. The van der Waals surface area contributed by atoms with Gasteiger partial charge in [0.1, 0.15) is 18.8 Å². The zero-order valence-corrected chi connectivity index (χ0v) is 38.1. The van der Waals surface area contributed by atoms with E-state index < -0.39 is 83.9 Å². The number of carbonyl (C=O) groups is 3. The van der Waals surface area contributed by atoms with Crippen LogP contribution in [0.2, 0.25) is 0 Å². The minimum atomic E-state index is -1.27. The van der Waals surface area contributed by atoms with Crippen molar-refractivity contribution < 1.29 is 52.6 Å². The molecule has 0 radical (unpaired) electrons. The molecule has 1 aromatic heterocycles. The van der Waals surface area contributed by atoms with Crippen molar-refractivity contribution in [1.82, 2.24) is 20.5 Å². The largest absolute Gasteiger partial charge is 0.458 e. The van der Waals surface area contributed by atoms with Crippen LogP contribution in [0, 0.1) is 23.7 Å². The number of ether oxygens (including phenoxy) is 7. The molecule has 5 heterocycles. The second-order valence-electron chi connectivity index (χ2n) is 18.5. The van der Waals surface area contributed by atoms with Gasteiger partial charge in [0.2, 0.25) is 0 Å². The van der Waals surface area contributed by atoms with Gasteiger partial charge in [-0.3, -0.25) is 9.78 Å². The van der Waals surface area contributed by atoms with Crippen LogP contribution in [0.1, 0.15) is 80.2 Å². The first-order chi connectivity index (χ1) is 29.4. The number of likely N-dealkylation sites (N-methyl/N-ethyl adjacent to an activating group) is 1. The van der Waals surface area contributed by atoms with Crippen molar-refractivity contribution in [1.29, 1.82) is 0 Å². The SMILES string of the molecule is C=C1COC2[C@@H](C)C(=O)O[C@H](CC)[C@@]3(C)OC(=O)NC3[C@@H](C)/C(=C/COC(=O)NCc3cccc4cccnc34)[C@H](C)C[C@@](C)(OC1)[C@H](OC1O[C@H](C)C[C@H](N(C)C)[C@H]1O)[C@H]2C. The molecular formula is C47H68N4O11. The van der Waals surface area contributed by atoms with Crippen LogP contribution < -0.4 is 10.6 Å². The van der Waals surface area contributed by atoms with Crippen molar-refractivity contribution in [2.24, 2.45) is 23.7 Å². The van der Waals surface area contributed by atoms with E-state index in [1.54, 1.807) is 20.0 Å². The molecule has 0 saturated carbocycles. The number of para-hydroxylation sites is 1. The quantitative estimate of drug-likeness (QED) is 0.159. The number of nitrogens with zero attached hydrogens (tertiary/aromatic N) is 2. The van der Waals surface area contributed by atoms with E-state index in [9.17, 15) is 19.5 Å². The number of cyclic esters (lactones) is 1. The monoisotopic (exact) mass is 864 g/mol. The van der Waals surface area contributed by atoms with Crippen molar-refractivity contribution >= 4 is 29.1 Å². The average molecular weight is 865 g/mol. The Morgan fingerprint density at radius 1 is 1.10 bits per heavy atom. The number of hydrogen-bond acceptors (Lipinski definition) is 13. The van der Waals surface area contributed by atoms with Crippen LogP contribution in [0.25, 0.3) is 10.9 Å². The maximum Gasteiger partial charge on any atom is 0.408 e. The van der Waals surface area contributed by atoms with E-state index in [4.69, 9.17) is 33.2 Å². The van der Waals surface area contributed by atoms with E-state index in [1.165, 1.54) is 0 Å². The summed E-state index contributed by atoms with van der Waals surface area (Å²) in [5.41, 5.74) is 0.804. The molecule has 14 atom stereocenters. The smallest absolute Gasteiger partial charge is 0.408 e. The average Bonchev–Trinajstić information content (AvgIpc) is 3.56. The molecule has 15 nitrogen and oxygen atoms in total. The number of pyridine rings is 1. The summed E-state index contributed by atoms with van der Waals surface area (Å²) in [5.74, 6) is -2.55. The number of hydrogen-bond donors (Lipinski definition) is 3. The maximum atomic E-state index is 14.4. The normalized spacial score (nSPS) is 37.9. The Balaban J connectivity index is 1.38. The van der Waals surface area contributed by atoms with Crippen LogP contribution in [0.4, 0.5) is 9.59 Å². The Hall–Kier alpha value is -4.12. The number of benzene rings is 1. The van der Waals surface area contributed by atoms with Gasteiger partial charge in [0, 0.05) is 36.0 Å². The molecule has 4 aliphatic rings. The minimum Gasteiger partial charge on any atom is -0.458 e. The first-order valence-corrected chi connectivity index (χ1v) is 22.1. The Morgan fingerprint density at radius 3 is 2.56 bits per heavy atom. The number of alkyl carbamates (subject to hydrolysis) is 2. The number of esters is 1. The van der Waals surface area contributed by atoms with Gasteiger partial charge in [-0.1, -0.05) is 64.1 Å². The highest BCUT2D eigenvalue weighted by atomic mass is 16.7. The van der Waals surface area contributed by atoms with E-state index in [1.807, 2.05) is 90.0 Å². The number of aromatic nitrogens is 1. The fourth-order valence-electron chi connectivity index (χ4n) is 10.3. The summed E-state index contributed by atoms with van der Waals surface area (Å²) in [6, 6.07) is 8.75. The van der Waals surface area contributed by atoms with Crippen molar-refractivity contribution in [2.45, 2.75) is 141 Å². The Morgan fingerprint density at radius 2 is 1.84 bits per heavy atom. The molecule has 3 unspecified atom stereocenters. The van der Waals surface area contributed by atoms with E-state index in [0.717, 1.165) is 22.0 Å². The predicted octanol–water partition coefficient (Wildman–Crippen LogP) is 6.07. The number of aliphatic hydroxyl groups is 1. The minimum absolute atomic E-state index is 0.0852. The summed E-state index contributed by atoms with van der Waals surface area (Å²) in [6.07, 6.45) is -0.912. The number of nitrogens with one attached hydrogen (secondary N) is 2. The predicted molar refractivity (Wildman–Crippen MR) is 232 cm³/mol. The third kappa shape index (κ3) is 10.1. The van der Waals surface area contributed by atoms with Gasteiger partial charge in [0.05, 0.1) is 54.6 Å². The molecule has 2 amide bonds. The summed E-state index contributed by atoms with van der Waals surface area (Å²) in [4.78, 5) is 47.3. The van der Waals surface area contributed by atoms with Crippen LogP contribution in [0.5, 0.6) is 0 Å². The molecule has 2 bridgehead atoms. The van der Waals surface area contributed by atoms with Crippen molar-refractivity contribution in [3.8, 4) is 0 Å². The standard InChI is InChI=1S/C47H68N4O11/c1-12-36-47(9)40(50-45(55)62-47)29(5)34(18-20-56-44(54)49-23-33-16-13-15-32-17-14-19-48-37(32)33)27(3)22-46(8)41(61-43-38(52)35(51(10)11)21-28(4)59-43)30(6)39(31(7)42(53)60-36)57-24-26(2)25-58-46/h13-19,27-31,35-36,38-41,43,52H,2,12,20-25H2,1,3-11H3,(H,49,54)(H,50,55)/b34-18+/t27-,28-,29+,30+,31-,35+,36-,38-,39?,40?,41-,43?,46-,47-/m1/s1. The molecule has 0 aliphatic carbocycles. The fraction of sp³-hybridized carbons (Fsp3) is 0.660.